The van der Waals surface area contributed by atoms with E-state index in [1.54, 1.807) is 24.3 Å². The third-order valence-electron chi connectivity index (χ3n) is 3.96. The zero-order valence-corrected chi connectivity index (χ0v) is 12.9. The number of anilines is 1. The average molecular weight is 301 g/mol. The van der Waals surface area contributed by atoms with Crippen molar-refractivity contribution >= 4 is 17.7 Å². The van der Waals surface area contributed by atoms with Gasteiger partial charge in [0.05, 0.1) is 5.69 Å². The molecule has 2 amide bonds. The summed E-state index contributed by atoms with van der Waals surface area (Å²) >= 11 is 0. The molecular weight excluding hydrogens is 278 g/mol. The molecule has 0 aromatic heterocycles. The minimum Gasteiger partial charge on any atom is -0.445 e. The van der Waals surface area contributed by atoms with E-state index in [4.69, 9.17) is 4.74 Å². The maximum atomic E-state index is 12.6. The number of rotatable bonds is 5. The van der Waals surface area contributed by atoms with Gasteiger partial charge in [0.1, 0.15) is 6.61 Å². The molecule has 0 saturated heterocycles. The average Bonchev–Trinajstić information content (AvgIpc) is 2.55. The van der Waals surface area contributed by atoms with Gasteiger partial charge in [-0.1, -0.05) is 50.1 Å². The molecule has 22 heavy (non-hydrogen) atoms. The van der Waals surface area contributed by atoms with E-state index in [1.807, 2.05) is 6.07 Å². The van der Waals surface area contributed by atoms with E-state index >= 15 is 0 Å². The molecule has 0 N–H and O–H groups in total. The fraction of sp³-hybridized carbons (Fsp3) is 0.444. The van der Waals surface area contributed by atoms with Crippen LogP contribution in [0, 0.1) is 5.92 Å². The molecule has 1 aromatic rings. The summed E-state index contributed by atoms with van der Waals surface area (Å²) in [4.78, 5) is 26.0. The molecule has 0 unspecified atom stereocenters. The second-order valence-electron chi connectivity index (χ2n) is 5.64. The Morgan fingerprint density at radius 3 is 2.50 bits per heavy atom. The van der Waals surface area contributed by atoms with E-state index in [2.05, 4.69) is 6.58 Å². The molecule has 1 fully saturated rings. The molecule has 0 bridgehead atoms. The summed E-state index contributed by atoms with van der Waals surface area (Å²) in [6, 6.07) is 8.94. The van der Waals surface area contributed by atoms with Gasteiger partial charge in [0, 0.05) is 6.42 Å². The van der Waals surface area contributed by atoms with Crippen molar-refractivity contribution in [1.29, 1.82) is 0 Å². The molecule has 0 spiro atoms. The van der Waals surface area contributed by atoms with Gasteiger partial charge in [0.2, 0.25) is 5.91 Å². The second kappa shape index (κ2) is 8.37. The number of carbonyl (C=O) groups excluding carboxylic acids is 2. The van der Waals surface area contributed by atoms with Gasteiger partial charge in [-0.25, -0.2) is 9.69 Å². The van der Waals surface area contributed by atoms with Gasteiger partial charge in [0.25, 0.3) is 0 Å². The first-order chi connectivity index (χ1) is 10.7. The Kier molecular flexibility index (Phi) is 6.19. The Morgan fingerprint density at radius 1 is 1.18 bits per heavy atom. The summed E-state index contributed by atoms with van der Waals surface area (Å²) in [7, 11) is 0. The predicted molar refractivity (Wildman–Crippen MR) is 86.7 cm³/mol. The van der Waals surface area contributed by atoms with E-state index in [0.717, 1.165) is 17.7 Å². The van der Waals surface area contributed by atoms with E-state index in [1.165, 1.54) is 25.3 Å². The Bertz CT molecular complexity index is 506. The fourth-order valence-electron chi connectivity index (χ4n) is 2.85. The van der Waals surface area contributed by atoms with Crippen LogP contribution in [0.1, 0.15) is 38.5 Å². The Labute approximate surface area is 131 Å². The number of hydrogen-bond acceptors (Lipinski definition) is 3. The predicted octanol–water partition coefficient (Wildman–Crippen LogP) is 4.31. The van der Waals surface area contributed by atoms with Crippen LogP contribution in [-0.2, 0) is 9.53 Å². The minimum absolute atomic E-state index is 0.0961. The van der Waals surface area contributed by atoms with Crippen molar-refractivity contribution in [3.63, 3.8) is 0 Å². The van der Waals surface area contributed by atoms with Crippen molar-refractivity contribution in [3.8, 4) is 0 Å². The van der Waals surface area contributed by atoms with Gasteiger partial charge < -0.3 is 4.74 Å². The molecule has 0 radical (unpaired) electrons. The Hall–Kier alpha value is -2.10. The molecule has 4 nitrogen and oxygen atoms in total. The van der Waals surface area contributed by atoms with Crippen molar-refractivity contribution < 1.29 is 14.3 Å². The SMILES string of the molecule is C=CCOC(=O)N(C(=O)CC1CCCCC1)c1ccccc1. The van der Waals surface area contributed by atoms with Crippen molar-refractivity contribution in [2.45, 2.75) is 38.5 Å². The highest BCUT2D eigenvalue weighted by atomic mass is 16.6. The number of amides is 2. The minimum atomic E-state index is -0.632. The molecule has 1 aliphatic carbocycles. The third kappa shape index (κ3) is 4.45. The van der Waals surface area contributed by atoms with Crippen LogP contribution < -0.4 is 4.90 Å². The van der Waals surface area contributed by atoms with Crippen molar-refractivity contribution in [3.05, 3.63) is 43.0 Å². The summed E-state index contributed by atoms with van der Waals surface area (Å²) in [5.74, 6) is 0.187. The third-order valence-corrected chi connectivity index (χ3v) is 3.96. The normalized spacial score (nSPS) is 15.1. The molecule has 4 heteroatoms. The van der Waals surface area contributed by atoms with Crippen LogP contribution in [0.4, 0.5) is 10.5 Å². The molecule has 0 heterocycles. The summed E-state index contributed by atoms with van der Waals surface area (Å²) < 4.78 is 5.07. The first-order valence-electron chi connectivity index (χ1n) is 7.88. The van der Waals surface area contributed by atoms with Gasteiger partial charge in [-0.05, 0) is 30.9 Å². The van der Waals surface area contributed by atoms with Gasteiger partial charge in [-0.15, -0.1) is 0 Å². The van der Waals surface area contributed by atoms with Gasteiger partial charge >= 0.3 is 6.09 Å². The summed E-state index contributed by atoms with van der Waals surface area (Å²) in [6.07, 6.45) is 6.98. The number of carbonyl (C=O) groups is 2. The van der Waals surface area contributed by atoms with Gasteiger partial charge in [0.15, 0.2) is 0 Å². The lowest BCUT2D eigenvalue weighted by molar-refractivity contribution is -0.119. The van der Waals surface area contributed by atoms with Crippen LogP contribution in [0.5, 0.6) is 0 Å². The van der Waals surface area contributed by atoms with Crippen LogP contribution in [0.25, 0.3) is 0 Å². The maximum Gasteiger partial charge on any atom is 0.421 e. The number of benzene rings is 1. The summed E-state index contributed by atoms with van der Waals surface area (Å²) in [5.41, 5.74) is 0.553. The Morgan fingerprint density at radius 2 is 1.86 bits per heavy atom. The van der Waals surface area contributed by atoms with Crippen molar-refractivity contribution in [2.24, 2.45) is 5.92 Å². The van der Waals surface area contributed by atoms with Crippen LogP contribution in [0.3, 0.4) is 0 Å². The largest absolute Gasteiger partial charge is 0.445 e. The summed E-state index contributed by atoms with van der Waals surface area (Å²) in [6.45, 7) is 3.62. The molecule has 118 valence electrons. The van der Waals surface area contributed by atoms with Crippen LogP contribution >= 0.6 is 0 Å². The summed E-state index contributed by atoms with van der Waals surface area (Å²) in [5, 5.41) is 0. The first-order valence-corrected chi connectivity index (χ1v) is 7.88. The standard InChI is InChI=1S/C18H23NO3/c1-2-13-22-18(21)19(16-11-7-4-8-12-16)17(20)14-15-9-5-3-6-10-15/h2,4,7-8,11-12,15H,1,3,5-6,9-10,13-14H2. The molecule has 1 aliphatic rings. The first kappa shape index (κ1) is 16.3. The van der Waals surface area contributed by atoms with Gasteiger partial charge in [-0.2, -0.15) is 0 Å². The topological polar surface area (TPSA) is 46.6 Å². The molecule has 1 aromatic carbocycles. The fourth-order valence-corrected chi connectivity index (χ4v) is 2.85. The number of imide groups is 1. The molecular formula is C18H23NO3. The maximum absolute atomic E-state index is 12.6. The molecule has 0 aliphatic heterocycles. The lowest BCUT2D eigenvalue weighted by atomic mass is 9.86. The smallest absolute Gasteiger partial charge is 0.421 e. The lowest BCUT2D eigenvalue weighted by Crippen LogP contribution is -2.38. The zero-order valence-electron chi connectivity index (χ0n) is 12.9. The number of nitrogens with zero attached hydrogens (tertiary/aromatic N) is 1. The molecule has 0 atom stereocenters. The van der Waals surface area contributed by atoms with Gasteiger partial charge in [-0.3, -0.25) is 4.79 Å². The second-order valence-corrected chi connectivity index (χ2v) is 5.64. The number of ether oxygens (including phenoxy) is 1. The zero-order chi connectivity index (χ0) is 15.8. The highest BCUT2D eigenvalue weighted by Gasteiger charge is 2.27. The molecule has 2 rings (SSSR count). The Balaban J connectivity index is 2.10. The highest BCUT2D eigenvalue weighted by Crippen LogP contribution is 2.28. The van der Waals surface area contributed by atoms with Crippen LogP contribution in [0.2, 0.25) is 0 Å². The molecule has 1 saturated carbocycles. The monoisotopic (exact) mass is 301 g/mol. The number of para-hydroxylation sites is 1. The van der Waals surface area contributed by atoms with Crippen molar-refractivity contribution in [1.82, 2.24) is 0 Å². The van der Waals surface area contributed by atoms with E-state index in [0.29, 0.717) is 18.0 Å². The van der Waals surface area contributed by atoms with E-state index in [9.17, 15) is 9.59 Å². The van der Waals surface area contributed by atoms with E-state index < -0.39 is 6.09 Å². The quantitative estimate of drug-likeness (QED) is 0.761. The highest BCUT2D eigenvalue weighted by molar-refractivity contribution is 6.12. The van der Waals surface area contributed by atoms with E-state index in [-0.39, 0.29) is 12.5 Å². The number of hydrogen-bond donors (Lipinski definition) is 0. The van der Waals surface area contributed by atoms with Crippen LogP contribution in [0.15, 0.2) is 43.0 Å². The van der Waals surface area contributed by atoms with Crippen molar-refractivity contribution in [2.75, 3.05) is 11.5 Å². The lowest BCUT2D eigenvalue weighted by Gasteiger charge is -2.25. The van der Waals surface area contributed by atoms with Crippen LogP contribution in [-0.4, -0.2) is 18.6 Å².